The van der Waals surface area contributed by atoms with Crippen molar-refractivity contribution in [2.24, 2.45) is 0 Å². The van der Waals surface area contributed by atoms with Gasteiger partial charge in [-0.05, 0) is 18.6 Å². The van der Waals surface area contributed by atoms with E-state index in [0.717, 1.165) is 32.6 Å². The van der Waals surface area contributed by atoms with E-state index in [0.29, 0.717) is 17.3 Å². The molecule has 134 valence electrons. The van der Waals surface area contributed by atoms with Gasteiger partial charge in [0.05, 0.1) is 5.25 Å². The number of thiocarbonyl (C=S) groups is 1. The Morgan fingerprint density at radius 1 is 1.20 bits per heavy atom. The molecule has 2 fully saturated rings. The molecule has 0 N–H and O–H groups in total. The number of nitrogens with zero attached hydrogens (tertiary/aromatic N) is 3. The monoisotopic (exact) mass is 377 g/mol. The molecule has 25 heavy (non-hydrogen) atoms. The molecule has 0 aromatic heterocycles. The minimum atomic E-state index is -0.0722. The Morgan fingerprint density at radius 2 is 1.88 bits per heavy atom. The molecule has 3 rings (SSSR count). The zero-order valence-corrected chi connectivity index (χ0v) is 16.0. The number of carbonyl (C=O) groups is 2. The Kier molecular flexibility index (Phi) is 5.96. The van der Waals surface area contributed by atoms with E-state index in [9.17, 15) is 9.59 Å². The van der Waals surface area contributed by atoms with E-state index >= 15 is 0 Å². The van der Waals surface area contributed by atoms with Crippen LogP contribution in [-0.4, -0.2) is 63.9 Å². The SMILES string of the molecule is CC[C@H]1SC(=S)N(CCC(=O)N2CCN(c3ccccc3)CC2)C1=O. The molecule has 1 atom stereocenters. The lowest BCUT2D eigenvalue weighted by molar-refractivity contribution is -0.132. The Bertz CT molecular complexity index is 645. The van der Waals surface area contributed by atoms with Crippen LogP contribution in [0.25, 0.3) is 0 Å². The maximum atomic E-state index is 12.5. The second-order valence-electron chi connectivity index (χ2n) is 6.22. The Morgan fingerprint density at radius 3 is 2.48 bits per heavy atom. The smallest absolute Gasteiger partial charge is 0.241 e. The maximum Gasteiger partial charge on any atom is 0.241 e. The maximum absolute atomic E-state index is 12.5. The molecule has 5 nitrogen and oxygen atoms in total. The molecule has 0 unspecified atom stereocenters. The number of benzene rings is 1. The Hall–Kier alpha value is -1.60. The van der Waals surface area contributed by atoms with Crippen molar-refractivity contribution in [1.29, 1.82) is 0 Å². The molecule has 1 aromatic rings. The van der Waals surface area contributed by atoms with Crippen LogP contribution in [-0.2, 0) is 9.59 Å². The van der Waals surface area contributed by atoms with E-state index in [2.05, 4.69) is 17.0 Å². The van der Waals surface area contributed by atoms with Crippen LogP contribution in [0, 0.1) is 0 Å². The fraction of sp³-hybridized carbons (Fsp3) is 0.500. The largest absolute Gasteiger partial charge is 0.368 e. The van der Waals surface area contributed by atoms with Crippen LogP contribution < -0.4 is 4.90 Å². The number of hydrogen-bond donors (Lipinski definition) is 0. The normalized spacial score (nSPS) is 21.2. The van der Waals surface area contributed by atoms with Gasteiger partial charge in [-0.25, -0.2) is 0 Å². The van der Waals surface area contributed by atoms with Crippen LogP contribution in [0.2, 0.25) is 0 Å². The van der Waals surface area contributed by atoms with Gasteiger partial charge in [0, 0.05) is 44.8 Å². The van der Waals surface area contributed by atoms with Crippen molar-refractivity contribution < 1.29 is 9.59 Å². The number of para-hydroxylation sites is 1. The highest BCUT2D eigenvalue weighted by atomic mass is 32.2. The molecule has 2 amide bonds. The summed E-state index contributed by atoms with van der Waals surface area (Å²) in [6, 6.07) is 10.3. The van der Waals surface area contributed by atoms with Crippen LogP contribution in [0.15, 0.2) is 30.3 Å². The number of rotatable bonds is 5. The third kappa shape index (κ3) is 4.15. The second-order valence-corrected chi connectivity index (χ2v) is 8.06. The van der Waals surface area contributed by atoms with Crippen molar-refractivity contribution in [3.8, 4) is 0 Å². The van der Waals surface area contributed by atoms with Crippen LogP contribution in [0.1, 0.15) is 19.8 Å². The molecule has 1 aromatic carbocycles. The fourth-order valence-corrected chi connectivity index (χ4v) is 4.65. The molecule has 2 aliphatic rings. The summed E-state index contributed by atoms with van der Waals surface area (Å²) in [4.78, 5) is 30.5. The van der Waals surface area contributed by atoms with Crippen molar-refractivity contribution in [2.75, 3.05) is 37.6 Å². The molecular formula is C18H23N3O2S2. The zero-order chi connectivity index (χ0) is 17.8. The van der Waals surface area contributed by atoms with Crippen molar-refractivity contribution in [3.05, 3.63) is 30.3 Å². The average molecular weight is 378 g/mol. The van der Waals surface area contributed by atoms with Crippen LogP contribution >= 0.6 is 24.0 Å². The van der Waals surface area contributed by atoms with E-state index in [1.54, 1.807) is 4.90 Å². The van der Waals surface area contributed by atoms with E-state index < -0.39 is 0 Å². The Labute approximate surface area is 158 Å². The first-order valence-corrected chi connectivity index (χ1v) is 9.98. The van der Waals surface area contributed by atoms with Gasteiger partial charge in [0.25, 0.3) is 0 Å². The van der Waals surface area contributed by atoms with Crippen molar-refractivity contribution in [1.82, 2.24) is 9.80 Å². The van der Waals surface area contributed by atoms with Gasteiger partial charge in [0.1, 0.15) is 4.32 Å². The summed E-state index contributed by atoms with van der Waals surface area (Å²) in [6.07, 6.45) is 1.11. The summed E-state index contributed by atoms with van der Waals surface area (Å²) in [5, 5.41) is -0.0722. The van der Waals surface area contributed by atoms with Gasteiger partial charge in [-0.1, -0.05) is 49.1 Å². The topological polar surface area (TPSA) is 43.9 Å². The molecule has 0 aliphatic carbocycles. The summed E-state index contributed by atoms with van der Waals surface area (Å²) in [6.45, 7) is 5.50. The lowest BCUT2D eigenvalue weighted by Gasteiger charge is -2.36. The fourth-order valence-electron chi connectivity index (χ4n) is 3.18. The number of carbonyl (C=O) groups excluding carboxylic acids is 2. The van der Waals surface area contributed by atoms with Crippen molar-refractivity contribution in [2.45, 2.75) is 25.0 Å². The van der Waals surface area contributed by atoms with Gasteiger partial charge in [0.2, 0.25) is 11.8 Å². The first kappa shape index (κ1) is 18.2. The highest BCUT2D eigenvalue weighted by Gasteiger charge is 2.35. The first-order chi connectivity index (χ1) is 12.1. The van der Waals surface area contributed by atoms with Crippen molar-refractivity contribution >= 4 is 45.8 Å². The second kappa shape index (κ2) is 8.19. The molecule has 2 saturated heterocycles. The molecule has 0 radical (unpaired) electrons. The number of thioether (sulfide) groups is 1. The first-order valence-electron chi connectivity index (χ1n) is 8.70. The summed E-state index contributed by atoms with van der Waals surface area (Å²) in [5.74, 6) is 0.160. The zero-order valence-electron chi connectivity index (χ0n) is 14.4. The van der Waals surface area contributed by atoms with Gasteiger partial charge in [-0.3, -0.25) is 14.5 Å². The van der Waals surface area contributed by atoms with E-state index in [4.69, 9.17) is 12.2 Å². The molecule has 0 saturated carbocycles. The molecule has 2 heterocycles. The molecule has 0 bridgehead atoms. The molecule has 2 aliphatic heterocycles. The predicted molar refractivity (Wildman–Crippen MR) is 106 cm³/mol. The van der Waals surface area contributed by atoms with Gasteiger partial charge < -0.3 is 9.80 Å². The summed E-state index contributed by atoms with van der Waals surface area (Å²) >= 11 is 6.72. The van der Waals surface area contributed by atoms with Crippen LogP contribution in [0.3, 0.4) is 0 Å². The average Bonchev–Trinajstić information content (AvgIpc) is 2.94. The lowest BCUT2D eigenvalue weighted by Crippen LogP contribution is -2.49. The highest BCUT2D eigenvalue weighted by molar-refractivity contribution is 8.24. The summed E-state index contributed by atoms with van der Waals surface area (Å²) in [5.41, 5.74) is 1.20. The molecular weight excluding hydrogens is 354 g/mol. The quantitative estimate of drug-likeness (QED) is 0.737. The van der Waals surface area contributed by atoms with Crippen LogP contribution in [0.5, 0.6) is 0 Å². The number of anilines is 1. The standard InChI is InChI=1S/C18H23N3O2S2/c1-2-15-17(23)21(18(24)25-15)9-8-16(22)20-12-10-19(11-13-20)14-6-4-3-5-7-14/h3-7,15H,2,8-13H2,1H3/t15-/m1/s1. The van der Waals surface area contributed by atoms with Gasteiger partial charge >= 0.3 is 0 Å². The minimum Gasteiger partial charge on any atom is -0.368 e. The van der Waals surface area contributed by atoms with Crippen LogP contribution in [0.4, 0.5) is 5.69 Å². The van der Waals surface area contributed by atoms with Gasteiger partial charge in [-0.2, -0.15) is 0 Å². The number of piperazine rings is 1. The molecule has 7 heteroatoms. The van der Waals surface area contributed by atoms with Gasteiger partial charge in [0.15, 0.2) is 0 Å². The van der Waals surface area contributed by atoms with Gasteiger partial charge in [-0.15, -0.1) is 0 Å². The number of hydrogen-bond acceptors (Lipinski definition) is 5. The Balaban J connectivity index is 1.47. The van der Waals surface area contributed by atoms with E-state index in [1.165, 1.54) is 17.4 Å². The van der Waals surface area contributed by atoms with E-state index in [-0.39, 0.29) is 17.1 Å². The highest BCUT2D eigenvalue weighted by Crippen LogP contribution is 2.29. The molecule has 0 spiro atoms. The van der Waals surface area contributed by atoms with Crippen molar-refractivity contribution in [3.63, 3.8) is 0 Å². The lowest BCUT2D eigenvalue weighted by atomic mass is 10.2. The third-order valence-electron chi connectivity index (χ3n) is 4.68. The predicted octanol–water partition coefficient (Wildman–Crippen LogP) is 2.36. The summed E-state index contributed by atoms with van der Waals surface area (Å²) in [7, 11) is 0. The minimum absolute atomic E-state index is 0.0548. The number of amides is 2. The summed E-state index contributed by atoms with van der Waals surface area (Å²) < 4.78 is 0.610. The van der Waals surface area contributed by atoms with E-state index in [1.807, 2.05) is 30.0 Å². The third-order valence-corrected chi connectivity index (χ3v) is 6.43.